The van der Waals surface area contributed by atoms with Gasteiger partial charge in [0.05, 0.1) is 7.11 Å². The summed E-state index contributed by atoms with van der Waals surface area (Å²) >= 11 is 0. The Morgan fingerprint density at radius 1 is 1.14 bits per heavy atom. The highest BCUT2D eigenvalue weighted by molar-refractivity contribution is 5.97. The number of Topliss-reactive ketones (excluding diaryl/α,β-unsaturated/α-hetero) is 1. The normalized spacial score (nSPS) is 12.0. The molecule has 0 aliphatic rings. The van der Waals surface area contributed by atoms with Crippen molar-refractivity contribution in [3.8, 4) is 5.75 Å². The topological polar surface area (TPSA) is 26.3 Å². The van der Waals surface area contributed by atoms with Crippen molar-refractivity contribution in [3.63, 3.8) is 0 Å². The van der Waals surface area contributed by atoms with Crippen molar-refractivity contribution in [2.24, 2.45) is 0 Å². The molecule has 21 heavy (non-hydrogen) atoms. The second kappa shape index (κ2) is 7.07. The molecule has 2 rings (SSSR count). The third kappa shape index (κ3) is 3.94. The first-order valence-corrected chi connectivity index (χ1v) is 7.40. The van der Waals surface area contributed by atoms with Gasteiger partial charge in [0, 0.05) is 12.0 Å². The summed E-state index contributed by atoms with van der Waals surface area (Å²) < 4.78 is 5.19. The number of methoxy groups -OCH3 is 1. The zero-order valence-corrected chi connectivity index (χ0v) is 12.9. The van der Waals surface area contributed by atoms with Gasteiger partial charge in [0.1, 0.15) is 5.75 Å². The highest BCUT2D eigenvalue weighted by Gasteiger charge is 2.09. The molecule has 0 aliphatic heterocycles. The molecule has 0 N–H and O–H groups in total. The van der Waals surface area contributed by atoms with Gasteiger partial charge in [-0.2, -0.15) is 0 Å². The molecule has 2 aromatic carbocycles. The average Bonchev–Trinajstić information content (AvgIpc) is 2.54. The van der Waals surface area contributed by atoms with E-state index in [0.717, 1.165) is 23.3 Å². The number of carbonyl (C=O) groups excluding carboxylic acids is 1. The maximum atomic E-state index is 12.3. The average molecular weight is 282 g/mol. The Morgan fingerprint density at radius 2 is 1.86 bits per heavy atom. The molecule has 0 heterocycles. The van der Waals surface area contributed by atoms with E-state index in [1.54, 1.807) is 7.11 Å². The van der Waals surface area contributed by atoms with E-state index in [2.05, 4.69) is 26.0 Å². The minimum Gasteiger partial charge on any atom is -0.497 e. The Labute approximate surface area is 126 Å². The highest BCUT2D eigenvalue weighted by atomic mass is 16.5. The Kier molecular flexibility index (Phi) is 5.15. The van der Waals surface area contributed by atoms with Crippen molar-refractivity contribution in [3.05, 3.63) is 65.2 Å². The van der Waals surface area contributed by atoms with Crippen LogP contribution in [0.15, 0.2) is 48.5 Å². The smallest absolute Gasteiger partial charge is 0.167 e. The fourth-order valence-electron chi connectivity index (χ4n) is 2.30. The van der Waals surface area contributed by atoms with Crippen molar-refractivity contribution in [2.75, 3.05) is 7.11 Å². The molecule has 2 nitrogen and oxygen atoms in total. The van der Waals surface area contributed by atoms with Crippen LogP contribution in [0.2, 0.25) is 0 Å². The molecule has 0 saturated carbocycles. The third-order valence-corrected chi connectivity index (χ3v) is 3.91. The SMILES string of the molecule is CCC(C)c1ccc(C(=O)Cc2cccc(OC)c2)cc1. The zero-order valence-electron chi connectivity index (χ0n) is 12.9. The molecule has 0 radical (unpaired) electrons. The summed E-state index contributed by atoms with van der Waals surface area (Å²) in [6.07, 6.45) is 1.51. The van der Waals surface area contributed by atoms with Crippen molar-refractivity contribution < 1.29 is 9.53 Å². The highest BCUT2D eigenvalue weighted by Crippen LogP contribution is 2.20. The first-order chi connectivity index (χ1) is 10.1. The van der Waals surface area contributed by atoms with Crippen molar-refractivity contribution >= 4 is 5.78 Å². The summed E-state index contributed by atoms with van der Waals surface area (Å²) in [5.41, 5.74) is 3.03. The Balaban J connectivity index is 2.09. The summed E-state index contributed by atoms with van der Waals surface area (Å²) in [6.45, 7) is 4.37. The zero-order chi connectivity index (χ0) is 15.2. The lowest BCUT2D eigenvalue weighted by Crippen LogP contribution is -2.04. The minimum absolute atomic E-state index is 0.138. The van der Waals surface area contributed by atoms with Crippen molar-refractivity contribution in [2.45, 2.75) is 32.6 Å². The Bertz CT molecular complexity index is 599. The molecule has 0 fully saturated rings. The molecular formula is C19H22O2. The number of ketones is 1. The largest absolute Gasteiger partial charge is 0.497 e. The Hall–Kier alpha value is -2.09. The van der Waals surface area contributed by atoms with Crippen LogP contribution in [0.5, 0.6) is 5.75 Å². The van der Waals surface area contributed by atoms with Crippen LogP contribution in [0.25, 0.3) is 0 Å². The summed E-state index contributed by atoms with van der Waals surface area (Å²) in [5, 5.41) is 0. The van der Waals surface area contributed by atoms with Crippen LogP contribution in [0.4, 0.5) is 0 Å². The van der Waals surface area contributed by atoms with Crippen LogP contribution >= 0.6 is 0 Å². The van der Waals surface area contributed by atoms with Crippen LogP contribution in [0.3, 0.4) is 0 Å². The van der Waals surface area contributed by atoms with E-state index < -0.39 is 0 Å². The molecule has 0 bridgehead atoms. The molecule has 0 aliphatic carbocycles. The number of ether oxygens (including phenoxy) is 1. The van der Waals surface area contributed by atoms with Gasteiger partial charge in [0.15, 0.2) is 5.78 Å². The number of hydrogen-bond donors (Lipinski definition) is 0. The van der Waals surface area contributed by atoms with E-state index >= 15 is 0 Å². The van der Waals surface area contributed by atoms with Gasteiger partial charge < -0.3 is 4.74 Å². The van der Waals surface area contributed by atoms with Crippen LogP contribution in [0.1, 0.15) is 47.7 Å². The molecule has 110 valence electrons. The number of rotatable bonds is 6. The van der Waals surface area contributed by atoms with Crippen LogP contribution in [-0.2, 0) is 6.42 Å². The van der Waals surface area contributed by atoms with E-state index in [1.165, 1.54) is 5.56 Å². The van der Waals surface area contributed by atoms with Crippen LogP contribution in [0, 0.1) is 0 Å². The standard InChI is InChI=1S/C19H22O2/c1-4-14(2)16-8-10-17(11-9-16)19(20)13-15-6-5-7-18(12-15)21-3/h5-12,14H,4,13H2,1-3H3. The minimum atomic E-state index is 0.138. The van der Waals surface area contributed by atoms with Gasteiger partial charge >= 0.3 is 0 Å². The van der Waals surface area contributed by atoms with Gasteiger partial charge in [-0.15, -0.1) is 0 Å². The third-order valence-electron chi connectivity index (χ3n) is 3.91. The monoisotopic (exact) mass is 282 g/mol. The second-order valence-corrected chi connectivity index (χ2v) is 5.38. The summed E-state index contributed by atoms with van der Waals surface area (Å²) in [7, 11) is 1.63. The molecule has 0 aromatic heterocycles. The molecule has 0 amide bonds. The quantitative estimate of drug-likeness (QED) is 0.722. The molecular weight excluding hydrogens is 260 g/mol. The van der Waals surface area contributed by atoms with E-state index in [0.29, 0.717) is 12.3 Å². The summed E-state index contributed by atoms with van der Waals surface area (Å²) in [4.78, 5) is 12.3. The van der Waals surface area contributed by atoms with Crippen LogP contribution < -0.4 is 4.74 Å². The maximum absolute atomic E-state index is 12.3. The van der Waals surface area contributed by atoms with Gasteiger partial charge in [-0.25, -0.2) is 0 Å². The van der Waals surface area contributed by atoms with Crippen LogP contribution in [-0.4, -0.2) is 12.9 Å². The number of hydrogen-bond acceptors (Lipinski definition) is 2. The first-order valence-electron chi connectivity index (χ1n) is 7.40. The van der Waals surface area contributed by atoms with Gasteiger partial charge in [-0.1, -0.05) is 50.2 Å². The maximum Gasteiger partial charge on any atom is 0.167 e. The lowest BCUT2D eigenvalue weighted by atomic mass is 9.95. The van der Waals surface area contributed by atoms with Gasteiger partial charge in [0.25, 0.3) is 0 Å². The van der Waals surface area contributed by atoms with Gasteiger partial charge in [0.2, 0.25) is 0 Å². The van der Waals surface area contributed by atoms with E-state index in [4.69, 9.17) is 4.74 Å². The molecule has 2 heteroatoms. The molecule has 0 saturated heterocycles. The number of carbonyl (C=O) groups is 1. The fourth-order valence-corrected chi connectivity index (χ4v) is 2.30. The van der Waals surface area contributed by atoms with Gasteiger partial charge in [-0.3, -0.25) is 4.79 Å². The predicted molar refractivity (Wildman–Crippen MR) is 86.2 cm³/mol. The number of benzene rings is 2. The second-order valence-electron chi connectivity index (χ2n) is 5.38. The van der Waals surface area contributed by atoms with Crippen molar-refractivity contribution in [1.29, 1.82) is 0 Å². The lowest BCUT2D eigenvalue weighted by Gasteiger charge is -2.09. The Morgan fingerprint density at radius 3 is 2.48 bits per heavy atom. The predicted octanol–water partition coefficient (Wildman–Crippen LogP) is 4.63. The summed E-state index contributed by atoms with van der Waals surface area (Å²) in [6, 6.07) is 15.6. The fraction of sp³-hybridized carbons (Fsp3) is 0.316. The summed E-state index contributed by atoms with van der Waals surface area (Å²) in [5.74, 6) is 1.46. The van der Waals surface area contributed by atoms with E-state index in [1.807, 2.05) is 36.4 Å². The molecule has 2 aromatic rings. The first kappa shape index (κ1) is 15.3. The molecule has 0 spiro atoms. The molecule has 1 unspecified atom stereocenters. The van der Waals surface area contributed by atoms with Crippen molar-refractivity contribution in [1.82, 2.24) is 0 Å². The van der Waals surface area contributed by atoms with E-state index in [-0.39, 0.29) is 5.78 Å². The van der Waals surface area contributed by atoms with Gasteiger partial charge in [-0.05, 0) is 35.6 Å². The molecule has 1 atom stereocenters. The van der Waals surface area contributed by atoms with E-state index in [9.17, 15) is 4.79 Å². The lowest BCUT2D eigenvalue weighted by molar-refractivity contribution is 0.0993.